The third-order valence-electron chi connectivity index (χ3n) is 3.47. The second kappa shape index (κ2) is 6.83. The zero-order valence-electron chi connectivity index (χ0n) is 12.2. The van der Waals surface area contributed by atoms with Gasteiger partial charge in [-0.25, -0.2) is 17.5 Å². The summed E-state index contributed by atoms with van der Waals surface area (Å²) >= 11 is 0. The van der Waals surface area contributed by atoms with E-state index in [2.05, 4.69) is 10.0 Å². The van der Waals surface area contributed by atoms with Crippen LogP contribution in [0.15, 0.2) is 23.1 Å². The van der Waals surface area contributed by atoms with E-state index in [1.165, 1.54) is 12.1 Å². The minimum Gasteiger partial charge on any atom is -0.378 e. The van der Waals surface area contributed by atoms with Crippen molar-refractivity contribution in [3.63, 3.8) is 0 Å². The fraction of sp³-hybridized carbons (Fsp3) is 0.571. The molecule has 0 bridgehead atoms. The first-order valence-electron chi connectivity index (χ1n) is 6.99. The maximum atomic E-state index is 14.0. The highest BCUT2D eigenvalue weighted by Gasteiger charge is 2.26. The number of rotatable bonds is 5. The number of hydrogen-bond donors (Lipinski definition) is 2. The highest BCUT2D eigenvalue weighted by Crippen LogP contribution is 2.19. The first-order chi connectivity index (χ1) is 9.92. The maximum Gasteiger partial charge on any atom is 0.243 e. The summed E-state index contributed by atoms with van der Waals surface area (Å²) in [5.41, 5.74) is 0.702. The Labute approximate surface area is 124 Å². The third-order valence-corrected chi connectivity index (χ3v) is 5.03. The largest absolute Gasteiger partial charge is 0.378 e. The quantitative estimate of drug-likeness (QED) is 0.861. The van der Waals surface area contributed by atoms with Crippen molar-refractivity contribution >= 4 is 10.0 Å². The highest BCUT2D eigenvalue weighted by atomic mass is 32.2. The van der Waals surface area contributed by atoms with E-state index in [1.807, 2.05) is 6.92 Å². The summed E-state index contributed by atoms with van der Waals surface area (Å²) in [4.78, 5) is -0.304. The third kappa shape index (κ3) is 4.23. The van der Waals surface area contributed by atoms with E-state index < -0.39 is 15.8 Å². The summed E-state index contributed by atoms with van der Waals surface area (Å²) in [7, 11) is -2.10. The van der Waals surface area contributed by atoms with E-state index in [4.69, 9.17) is 4.74 Å². The molecule has 1 aromatic rings. The Kier molecular flexibility index (Phi) is 5.32. The van der Waals surface area contributed by atoms with Crippen LogP contribution >= 0.6 is 0 Å². The summed E-state index contributed by atoms with van der Waals surface area (Å²) in [6.07, 6.45) is 1.20. The molecule has 1 heterocycles. The molecule has 7 heteroatoms. The maximum absolute atomic E-state index is 14.0. The Morgan fingerprint density at radius 1 is 1.43 bits per heavy atom. The van der Waals surface area contributed by atoms with Gasteiger partial charge >= 0.3 is 0 Å². The first kappa shape index (κ1) is 16.4. The van der Waals surface area contributed by atoms with Gasteiger partial charge in [-0.15, -0.1) is 0 Å². The van der Waals surface area contributed by atoms with Gasteiger partial charge in [0.25, 0.3) is 0 Å². The molecule has 0 saturated carbocycles. The van der Waals surface area contributed by atoms with Crippen LogP contribution in [0, 0.1) is 5.82 Å². The van der Waals surface area contributed by atoms with Crippen molar-refractivity contribution in [2.24, 2.45) is 0 Å². The molecule has 0 amide bonds. The summed E-state index contributed by atoms with van der Waals surface area (Å²) < 4.78 is 46.6. The fourth-order valence-corrected chi connectivity index (χ4v) is 3.81. The predicted molar refractivity (Wildman–Crippen MR) is 77.9 cm³/mol. The van der Waals surface area contributed by atoms with Gasteiger partial charge in [0.2, 0.25) is 10.0 Å². The molecular formula is C14H21FN2O3S. The molecule has 1 aliphatic heterocycles. The molecule has 118 valence electrons. The van der Waals surface area contributed by atoms with Crippen molar-refractivity contribution in [2.45, 2.75) is 43.4 Å². The molecule has 5 nitrogen and oxygen atoms in total. The van der Waals surface area contributed by atoms with Gasteiger partial charge in [-0.3, -0.25) is 0 Å². The number of hydrogen-bond acceptors (Lipinski definition) is 4. The highest BCUT2D eigenvalue weighted by molar-refractivity contribution is 7.89. The molecule has 2 rings (SSSR count). The molecule has 0 spiro atoms. The molecule has 2 atom stereocenters. The van der Waals surface area contributed by atoms with E-state index in [9.17, 15) is 12.8 Å². The average Bonchev–Trinajstić information content (AvgIpc) is 2.38. The fourth-order valence-electron chi connectivity index (χ4n) is 2.46. The molecule has 1 aliphatic rings. The lowest BCUT2D eigenvalue weighted by atomic mass is 10.1. The molecular weight excluding hydrogens is 295 g/mol. The summed E-state index contributed by atoms with van der Waals surface area (Å²) in [5, 5.41) is 2.89. The molecule has 0 aliphatic carbocycles. The Morgan fingerprint density at radius 3 is 2.81 bits per heavy atom. The van der Waals surface area contributed by atoms with E-state index in [0.29, 0.717) is 31.6 Å². The topological polar surface area (TPSA) is 67.4 Å². The summed E-state index contributed by atoms with van der Waals surface area (Å²) in [6.45, 7) is 2.90. The Morgan fingerprint density at radius 2 is 2.19 bits per heavy atom. The van der Waals surface area contributed by atoms with Crippen LogP contribution in [0.5, 0.6) is 0 Å². The van der Waals surface area contributed by atoms with Gasteiger partial charge in [0.15, 0.2) is 0 Å². The van der Waals surface area contributed by atoms with Crippen molar-refractivity contribution in [3.8, 4) is 0 Å². The molecule has 21 heavy (non-hydrogen) atoms. The Bertz CT molecular complexity index is 592. The zero-order chi connectivity index (χ0) is 15.5. The van der Waals surface area contributed by atoms with Crippen LogP contribution in [0.4, 0.5) is 4.39 Å². The normalized spacial score (nSPS) is 23.2. The minimum atomic E-state index is -3.85. The SMILES string of the molecule is CNCc1ccc(S(=O)(=O)NC2CCOC(C)C2)c(F)c1. The standard InChI is InChI=1S/C14H21FN2O3S/c1-10-7-12(5-6-20-10)17-21(18,19)14-4-3-11(9-16-2)8-13(14)15/h3-4,8,10,12,16-17H,5-7,9H2,1-2H3. The Hall–Kier alpha value is -1.02. The second-order valence-electron chi connectivity index (χ2n) is 5.32. The van der Waals surface area contributed by atoms with Crippen LogP contribution < -0.4 is 10.0 Å². The van der Waals surface area contributed by atoms with Crippen molar-refractivity contribution in [1.29, 1.82) is 0 Å². The van der Waals surface area contributed by atoms with Crippen LogP contribution in [0.25, 0.3) is 0 Å². The van der Waals surface area contributed by atoms with Crippen LogP contribution in [-0.2, 0) is 21.3 Å². The zero-order valence-corrected chi connectivity index (χ0v) is 13.0. The Balaban J connectivity index is 2.15. The minimum absolute atomic E-state index is 0.00861. The number of halogens is 1. The lowest BCUT2D eigenvalue weighted by molar-refractivity contribution is 0.0173. The molecule has 1 fully saturated rings. The van der Waals surface area contributed by atoms with Gasteiger partial charge in [0.05, 0.1) is 6.10 Å². The van der Waals surface area contributed by atoms with Gasteiger partial charge in [-0.2, -0.15) is 0 Å². The molecule has 1 aromatic carbocycles. The van der Waals surface area contributed by atoms with E-state index >= 15 is 0 Å². The predicted octanol–water partition coefficient (Wildman–Crippen LogP) is 1.39. The van der Waals surface area contributed by atoms with Crippen LogP contribution in [0.2, 0.25) is 0 Å². The smallest absolute Gasteiger partial charge is 0.243 e. The van der Waals surface area contributed by atoms with E-state index in [0.717, 1.165) is 0 Å². The van der Waals surface area contributed by atoms with Crippen molar-refractivity contribution in [2.75, 3.05) is 13.7 Å². The van der Waals surface area contributed by atoms with Crippen LogP contribution in [-0.4, -0.2) is 34.2 Å². The molecule has 2 N–H and O–H groups in total. The lowest BCUT2D eigenvalue weighted by Crippen LogP contribution is -2.41. The van der Waals surface area contributed by atoms with Crippen molar-refractivity contribution < 1.29 is 17.5 Å². The number of benzene rings is 1. The summed E-state index contributed by atoms with van der Waals surface area (Å²) in [6, 6.07) is 3.96. The van der Waals surface area contributed by atoms with Gasteiger partial charge in [0.1, 0.15) is 10.7 Å². The number of ether oxygens (including phenoxy) is 1. The average molecular weight is 316 g/mol. The molecule has 0 radical (unpaired) electrons. The van der Waals surface area contributed by atoms with Crippen LogP contribution in [0.1, 0.15) is 25.3 Å². The van der Waals surface area contributed by atoms with Crippen LogP contribution in [0.3, 0.4) is 0 Å². The molecule has 2 unspecified atom stereocenters. The van der Waals surface area contributed by atoms with Gasteiger partial charge in [0, 0.05) is 19.2 Å². The van der Waals surface area contributed by atoms with Crippen molar-refractivity contribution in [3.05, 3.63) is 29.6 Å². The first-order valence-corrected chi connectivity index (χ1v) is 8.47. The van der Waals surface area contributed by atoms with Gasteiger partial charge < -0.3 is 10.1 Å². The van der Waals surface area contributed by atoms with Gasteiger partial charge in [-0.1, -0.05) is 6.07 Å². The molecule has 1 saturated heterocycles. The number of sulfonamides is 1. The van der Waals surface area contributed by atoms with E-state index in [1.54, 1.807) is 13.1 Å². The van der Waals surface area contributed by atoms with Gasteiger partial charge in [-0.05, 0) is 44.5 Å². The molecule has 0 aromatic heterocycles. The summed E-state index contributed by atoms with van der Waals surface area (Å²) in [5.74, 6) is -0.727. The lowest BCUT2D eigenvalue weighted by Gasteiger charge is -2.27. The second-order valence-corrected chi connectivity index (χ2v) is 7.00. The van der Waals surface area contributed by atoms with E-state index in [-0.39, 0.29) is 17.0 Å². The van der Waals surface area contributed by atoms with Crippen molar-refractivity contribution in [1.82, 2.24) is 10.0 Å². The monoisotopic (exact) mass is 316 g/mol. The number of nitrogens with one attached hydrogen (secondary N) is 2.